The number of hydrogen-bond acceptors (Lipinski definition) is 3. The molecule has 5 nitrogen and oxygen atoms in total. The minimum absolute atomic E-state index is 0.0740. The first-order valence-electron chi connectivity index (χ1n) is 9.10. The van der Waals surface area contributed by atoms with Gasteiger partial charge in [0.05, 0.1) is 4.90 Å². The van der Waals surface area contributed by atoms with Gasteiger partial charge >= 0.3 is 0 Å². The normalized spacial score (nSPS) is 14.7. The number of amides is 1. The molecule has 2 aromatic rings. The fourth-order valence-corrected chi connectivity index (χ4v) is 4.20. The maximum absolute atomic E-state index is 12.9. The molecule has 1 saturated heterocycles. The highest BCUT2D eigenvalue weighted by Crippen LogP contribution is 2.22. The number of benzene rings is 2. The number of carbonyl (C=O) groups excluding carboxylic acids is 1. The zero-order valence-electron chi connectivity index (χ0n) is 15.0. The Morgan fingerprint density at radius 1 is 1.00 bits per heavy atom. The van der Waals surface area contributed by atoms with Crippen molar-refractivity contribution in [3.05, 3.63) is 59.9 Å². The van der Waals surface area contributed by atoms with Crippen molar-refractivity contribution in [1.29, 1.82) is 0 Å². The minimum atomic E-state index is -3.57. The zero-order valence-corrected chi connectivity index (χ0v) is 15.8. The third-order valence-corrected chi connectivity index (χ3v) is 6.11. The average Bonchev–Trinajstić information content (AvgIpc) is 3.09. The van der Waals surface area contributed by atoms with Crippen LogP contribution >= 0.6 is 0 Å². The predicted octanol–water partition coefficient (Wildman–Crippen LogP) is 3.25. The Hall–Kier alpha value is -2.25. The molecule has 27 heavy (non-hydrogen) atoms. The molecule has 1 heterocycles. The van der Waals surface area contributed by atoms with Crippen LogP contribution in [0.2, 0.25) is 0 Å². The third-order valence-electron chi connectivity index (χ3n) is 4.63. The molecule has 2 aromatic carbocycles. The fourth-order valence-electron chi connectivity index (χ4n) is 3.12. The lowest BCUT2D eigenvalue weighted by Crippen LogP contribution is -2.26. The summed E-state index contributed by atoms with van der Waals surface area (Å²) in [6, 6.07) is 12.7. The van der Waals surface area contributed by atoms with Crippen molar-refractivity contribution in [2.75, 3.05) is 18.0 Å². The van der Waals surface area contributed by atoms with Crippen molar-refractivity contribution in [2.45, 2.75) is 37.0 Å². The van der Waals surface area contributed by atoms with Gasteiger partial charge in [-0.2, -0.15) is 0 Å². The number of unbranched alkanes of at least 4 members (excludes halogenated alkanes) is 1. The van der Waals surface area contributed by atoms with Gasteiger partial charge in [-0.15, -0.1) is 0 Å². The molecule has 0 saturated carbocycles. The van der Waals surface area contributed by atoms with Crippen LogP contribution in [-0.2, 0) is 21.2 Å². The van der Waals surface area contributed by atoms with E-state index in [-0.39, 0.29) is 16.6 Å². The number of rotatable bonds is 8. The second-order valence-corrected chi connectivity index (χ2v) is 8.39. The highest BCUT2D eigenvalue weighted by molar-refractivity contribution is 7.89. The second kappa shape index (κ2) is 8.63. The molecule has 1 fully saturated rings. The number of carbonyl (C=O) groups is 1. The Balaban J connectivity index is 1.47. The fraction of sp³-hybridized carbons (Fsp3) is 0.350. The van der Waals surface area contributed by atoms with Gasteiger partial charge in [0.15, 0.2) is 0 Å². The Bertz CT molecular complexity index is 880. The van der Waals surface area contributed by atoms with E-state index >= 15 is 0 Å². The Morgan fingerprint density at radius 2 is 1.70 bits per heavy atom. The molecular weight excluding hydrogens is 367 g/mol. The smallest absolute Gasteiger partial charge is 0.240 e. The standard InChI is InChI=1S/C20H23FN2O3S/c21-17-8-6-16(7-9-17)4-1-2-14-22-27(25,26)19-12-10-18(11-13-19)23-15-3-5-20(23)24/h6-13,22H,1-5,14-15H2. The van der Waals surface area contributed by atoms with Crippen molar-refractivity contribution in [1.82, 2.24) is 4.72 Å². The molecule has 1 aliphatic heterocycles. The molecule has 1 amide bonds. The van der Waals surface area contributed by atoms with E-state index in [0.717, 1.165) is 30.5 Å². The maximum atomic E-state index is 12.9. The van der Waals surface area contributed by atoms with Gasteiger partial charge < -0.3 is 4.90 Å². The van der Waals surface area contributed by atoms with Crippen molar-refractivity contribution in [2.24, 2.45) is 0 Å². The quantitative estimate of drug-likeness (QED) is 0.704. The summed E-state index contributed by atoms with van der Waals surface area (Å²) in [5, 5.41) is 0. The summed E-state index contributed by atoms with van der Waals surface area (Å²) in [7, 11) is -3.57. The Labute approximate surface area is 159 Å². The van der Waals surface area contributed by atoms with Gasteiger partial charge in [-0.25, -0.2) is 17.5 Å². The molecule has 1 N–H and O–H groups in total. The summed E-state index contributed by atoms with van der Waals surface area (Å²) in [4.78, 5) is 13.6. The molecule has 0 radical (unpaired) electrons. The van der Waals surface area contributed by atoms with E-state index in [1.165, 1.54) is 24.3 Å². The second-order valence-electron chi connectivity index (χ2n) is 6.62. The molecule has 3 rings (SSSR count). The lowest BCUT2D eigenvalue weighted by Gasteiger charge is -2.16. The van der Waals surface area contributed by atoms with Gasteiger partial charge in [-0.3, -0.25) is 4.79 Å². The molecule has 144 valence electrons. The highest BCUT2D eigenvalue weighted by Gasteiger charge is 2.22. The van der Waals surface area contributed by atoms with Crippen LogP contribution < -0.4 is 9.62 Å². The van der Waals surface area contributed by atoms with Crippen molar-refractivity contribution in [3.8, 4) is 0 Å². The topological polar surface area (TPSA) is 66.5 Å². The highest BCUT2D eigenvalue weighted by atomic mass is 32.2. The lowest BCUT2D eigenvalue weighted by atomic mass is 10.1. The van der Waals surface area contributed by atoms with E-state index < -0.39 is 10.0 Å². The van der Waals surface area contributed by atoms with Crippen LogP contribution in [0.5, 0.6) is 0 Å². The van der Waals surface area contributed by atoms with Gasteiger partial charge in [0.25, 0.3) is 0 Å². The zero-order chi connectivity index (χ0) is 19.3. The Kier molecular flexibility index (Phi) is 6.23. The molecule has 0 atom stereocenters. The van der Waals surface area contributed by atoms with Gasteiger partial charge in [0.1, 0.15) is 5.82 Å². The van der Waals surface area contributed by atoms with Crippen molar-refractivity contribution < 1.29 is 17.6 Å². The number of nitrogens with zero attached hydrogens (tertiary/aromatic N) is 1. The van der Waals surface area contributed by atoms with Crippen LogP contribution in [0.25, 0.3) is 0 Å². The van der Waals surface area contributed by atoms with Crippen LogP contribution in [0.4, 0.5) is 10.1 Å². The number of halogens is 1. The molecule has 0 spiro atoms. The average molecular weight is 390 g/mol. The molecule has 0 bridgehead atoms. The van der Waals surface area contributed by atoms with Crippen LogP contribution in [-0.4, -0.2) is 27.4 Å². The summed E-state index contributed by atoms with van der Waals surface area (Å²) in [5.41, 5.74) is 1.77. The summed E-state index contributed by atoms with van der Waals surface area (Å²) in [6.45, 7) is 1.02. The molecule has 1 aliphatic rings. The summed E-state index contributed by atoms with van der Waals surface area (Å²) in [5.74, 6) is -0.184. The molecular formula is C20H23FN2O3S. The van der Waals surface area contributed by atoms with E-state index in [0.29, 0.717) is 25.9 Å². The van der Waals surface area contributed by atoms with Gasteiger partial charge in [-0.05, 0) is 67.6 Å². The lowest BCUT2D eigenvalue weighted by molar-refractivity contribution is -0.117. The molecule has 0 aliphatic carbocycles. The summed E-state index contributed by atoms with van der Waals surface area (Å²) >= 11 is 0. The largest absolute Gasteiger partial charge is 0.312 e. The van der Waals surface area contributed by atoms with E-state index in [4.69, 9.17) is 0 Å². The monoisotopic (exact) mass is 390 g/mol. The number of nitrogens with one attached hydrogen (secondary N) is 1. The minimum Gasteiger partial charge on any atom is -0.312 e. The van der Waals surface area contributed by atoms with E-state index in [9.17, 15) is 17.6 Å². The van der Waals surface area contributed by atoms with Gasteiger partial charge in [0.2, 0.25) is 15.9 Å². The van der Waals surface area contributed by atoms with Crippen molar-refractivity contribution >= 4 is 21.6 Å². The summed E-state index contributed by atoms with van der Waals surface area (Å²) in [6.07, 6.45) is 3.65. The first-order chi connectivity index (χ1) is 13.0. The number of aryl methyl sites for hydroxylation is 1. The van der Waals surface area contributed by atoms with Crippen LogP contribution in [0.3, 0.4) is 0 Å². The molecule has 7 heteroatoms. The molecule has 0 unspecified atom stereocenters. The van der Waals surface area contributed by atoms with Crippen LogP contribution in [0, 0.1) is 5.82 Å². The molecule has 0 aromatic heterocycles. The van der Waals surface area contributed by atoms with Crippen LogP contribution in [0.15, 0.2) is 53.4 Å². The van der Waals surface area contributed by atoms with E-state index in [2.05, 4.69) is 4.72 Å². The third kappa shape index (κ3) is 5.14. The Morgan fingerprint density at radius 3 is 2.33 bits per heavy atom. The van der Waals surface area contributed by atoms with Crippen LogP contribution in [0.1, 0.15) is 31.2 Å². The number of hydrogen-bond donors (Lipinski definition) is 1. The van der Waals surface area contributed by atoms with E-state index in [1.807, 2.05) is 0 Å². The summed E-state index contributed by atoms with van der Waals surface area (Å²) < 4.78 is 40.2. The first-order valence-corrected chi connectivity index (χ1v) is 10.6. The van der Waals surface area contributed by atoms with Gasteiger partial charge in [0, 0.05) is 25.2 Å². The van der Waals surface area contributed by atoms with E-state index in [1.54, 1.807) is 29.2 Å². The number of sulfonamides is 1. The predicted molar refractivity (Wildman–Crippen MR) is 103 cm³/mol. The SMILES string of the molecule is O=C1CCCN1c1ccc(S(=O)(=O)NCCCCc2ccc(F)cc2)cc1. The maximum Gasteiger partial charge on any atom is 0.240 e. The van der Waals surface area contributed by atoms with Crippen molar-refractivity contribution in [3.63, 3.8) is 0 Å². The number of anilines is 1. The van der Waals surface area contributed by atoms with Gasteiger partial charge in [-0.1, -0.05) is 12.1 Å². The first kappa shape index (κ1) is 19.5.